The molecule has 0 radical (unpaired) electrons. The van der Waals surface area contributed by atoms with E-state index >= 15 is 0 Å². The molecule has 1 amide bonds. The molecule has 1 aliphatic heterocycles. The molecule has 0 spiro atoms. The lowest BCUT2D eigenvalue weighted by Crippen LogP contribution is -2.26. The van der Waals surface area contributed by atoms with E-state index in [9.17, 15) is 17.6 Å². The van der Waals surface area contributed by atoms with Crippen LogP contribution in [0.2, 0.25) is 0 Å². The minimum absolute atomic E-state index is 0.0501. The minimum atomic E-state index is -3.66. The molecule has 0 aromatic heterocycles. The molecule has 0 aliphatic carbocycles. The van der Waals surface area contributed by atoms with E-state index in [4.69, 9.17) is 9.47 Å². The van der Waals surface area contributed by atoms with Crippen LogP contribution in [0.5, 0.6) is 5.75 Å². The first-order valence-corrected chi connectivity index (χ1v) is 14.0. The van der Waals surface area contributed by atoms with Gasteiger partial charge in [0.2, 0.25) is 15.9 Å². The first-order valence-electron chi connectivity index (χ1n) is 12.1. The van der Waals surface area contributed by atoms with Gasteiger partial charge >= 0.3 is 0 Å². The summed E-state index contributed by atoms with van der Waals surface area (Å²) in [6.45, 7) is 11.4. The highest BCUT2D eigenvalue weighted by Crippen LogP contribution is 2.31. The van der Waals surface area contributed by atoms with Gasteiger partial charge in [0.05, 0.1) is 25.2 Å². The van der Waals surface area contributed by atoms with Crippen LogP contribution in [0.4, 0.5) is 10.1 Å². The second kappa shape index (κ2) is 11.9. The lowest BCUT2D eigenvalue weighted by molar-refractivity contribution is -0.116. The van der Waals surface area contributed by atoms with Crippen molar-refractivity contribution in [2.75, 3.05) is 24.2 Å². The maximum Gasteiger partial charge on any atom is 0.244 e. The molecule has 37 heavy (non-hydrogen) atoms. The summed E-state index contributed by atoms with van der Waals surface area (Å²) < 4.78 is 51.5. The third kappa shape index (κ3) is 8.43. The molecule has 1 saturated heterocycles. The van der Waals surface area contributed by atoms with Gasteiger partial charge < -0.3 is 14.8 Å². The molecule has 2 N–H and O–H groups in total. The Kier molecular flexibility index (Phi) is 9.15. The Labute approximate surface area is 218 Å². The van der Waals surface area contributed by atoms with Crippen LogP contribution in [0.25, 0.3) is 12.2 Å². The van der Waals surface area contributed by atoms with Gasteiger partial charge in [-0.2, -0.15) is 0 Å². The van der Waals surface area contributed by atoms with Crippen molar-refractivity contribution in [1.82, 2.24) is 5.32 Å². The molecule has 1 aliphatic rings. The highest BCUT2D eigenvalue weighted by molar-refractivity contribution is 7.92. The largest absolute Gasteiger partial charge is 0.490 e. The Balaban J connectivity index is 1.73. The van der Waals surface area contributed by atoms with Crippen LogP contribution in [0.15, 0.2) is 43.0 Å². The summed E-state index contributed by atoms with van der Waals surface area (Å²) in [4.78, 5) is 12.6. The normalized spacial score (nSPS) is 14.9. The smallest absolute Gasteiger partial charge is 0.244 e. The van der Waals surface area contributed by atoms with Gasteiger partial charge in [-0.05, 0) is 40.8 Å². The van der Waals surface area contributed by atoms with Gasteiger partial charge in [0.25, 0.3) is 0 Å². The Hall–Kier alpha value is -3.17. The van der Waals surface area contributed by atoms with Crippen LogP contribution in [0.1, 0.15) is 55.9 Å². The van der Waals surface area contributed by atoms with Crippen LogP contribution in [0, 0.1) is 5.82 Å². The zero-order chi connectivity index (χ0) is 27.2. The molecular weight excluding hydrogens is 495 g/mol. The van der Waals surface area contributed by atoms with E-state index in [0.29, 0.717) is 18.8 Å². The van der Waals surface area contributed by atoms with Crippen molar-refractivity contribution in [3.8, 4) is 5.75 Å². The van der Waals surface area contributed by atoms with Crippen molar-refractivity contribution >= 4 is 33.8 Å². The highest BCUT2D eigenvalue weighted by Gasteiger charge is 2.20. The summed E-state index contributed by atoms with van der Waals surface area (Å²) in [6, 6.07) is 8.74. The third-order valence-corrected chi connectivity index (χ3v) is 6.49. The van der Waals surface area contributed by atoms with E-state index in [0.717, 1.165) is 36.0 Å². The van der Waals surface area contributed by atoms with Crippen molar-refractivity contribution in [1.29, 1.82) is 0 Å². The summed E-state index contributed by atoms with van der Waals surface area (Å²) in [5, 5.41) is 2.73. The first-order chi connectivity index (χ1) is 17.4. The quantitative estimate of drug-likeness (QED) is 0.444. The Bertz CT molecular complexity index is 1280. The number of carbonyl (C=O) groups excluding carboxylic acids is 1. The van der Waals surface area contributed by atoms with E-state index in [2.05, 4.69) is 37.4 Å². The second-order valence-corrected chi connectivity index (χ2v) is 11.9. The van der Waals surface area contributed by atoms with Gasteiger partial charge in [-0.15, -0.1) is 0 Å². The van der Waals surface area contributed by atoms with Gasteiger partial charge in [0.1, 0.15) is 17.7 Å². The summed E-state index contributed by atoms with van der Waals surface area (Å²) in [7, 11) is -3.66. The number of carbonyl (C=O) groups is 1. The topological polar surface area (TPSA) is 93.7 Å². The molecule has 200 valence electrons. The zero-order valence-electron chi connectivity index (χ0n) is 21.8. The minimum Gasteiger partial charge on any atom is -0.490 e. The Morgan fingerprint density at radius 3 is 2.51 bits per heavy atom. The molecule has 0 bridgehead atoms. The van der Waals surface area contributed by atoms with Crippen molar-refractivity contribution in [2.24, 2.45) is 0 Å². The van der Waals surface area contributed by atoms with E-state index in [-0.39, 0.29) is 35.2 Å². The molecule has 0 atom stereocenters. The van der Waals surface area contributed by atoms with E-state index in [1.54, 1.807) is 12.1 Å². The molecular formula is C28H35FN2O5S. The third-order valence-electron chi connectivity index (χ3n) is 5.91. The van der Waals surface area contributed by atoms with E-state index < -0.39 is 15.8 Å². The molecule has 1 heterocycles. The van der Waals surface area contributed by atoms with Crippen molar-refractivity contribution in [3.63, 3.8) is 0 Å². The number of anilines is 1. The highest BCUT2D eigenvalue weighted by atomic mass is 32.2. The lowest BCUT2D eigenvalue weighted by atomic mass is 9.86. The number of amides is 1. The fourth-order valence-electron chi connectivity index (χ4n) is 3.87. The van der Waals surface area contributed by atoms with Gasteiger partial charge in [-0.25, -0.2) is 12.8 Å². The van der Waals surface area contributed by atoms with Crippen LogP contribution in [-0.2, 0) is 31.5 Å². The summed E-state index contributed by atoms with van der Waals surface area (Å²) >= 11 is 0. The fraction of sp³-hybridized carbons (Fsp3) is 0.393. The number of nitrogens with one attached hydrogen (secondary N) is 2. The van der Waals surface area contributed by atoms with Gasteiger partial charge in [0.15, 0.2) is 0 Å². The summed E-state index contributed by atoms with van der Waals surface area (Å²) in [5.74, 6) is -0.401. The zero-order valence-corrected chi connectivity index (χ0v) is 22.6. The fourth-order valence-corrected chi connectivity index (χ4v) is 4.46. The number of sulfonamides is 1. The molecule has 9 heteroatoms. The van der Waals surface area contributed by atoms with Crippen LogP contribution >= 0.6 is 0 Å². The number of hydrogen-bond donors (Lipinski definition) is 2. The monoisotopic (exact) mass is 530 g/mol. The lowest BCUT2D eigenvalue weighted by Gasteiger charge is -2.26. The summed E-state index contributed by atoms with van der Waals surface area (Å²) in [6.07, 6.45) is 7.08. The van der Waals surface area contributed by atoms with Crippen LogP contribution < -0.4 is 14.8 Å². The maximum atomic E-state index is 14.6. The van der Waals surface area contributed by atoms with Gasteiger partial charge in [-0.3, -0.25) is 9.52 Å². The molecule has 3 rings (SSSR count). The SMILES string of the molecule is C=Cc1cc(CNC(=O)C=Cc2ccc(C(C)(C)C)cc2OC2CCOCC2)cc(F)c1NS(C)(=O)=O. The average Bonchev–Trinajstić information content (AvgIpc) is 2.82. The molecule has 2 aromatic carbocycles. The van der Waals surface area contributed by atoms with Crippen molar-refractivity contribution in [3.05, 3.63) is 71.1 Å². The first kappa shape index (κ1) is 28.4. The number of halogens is 1. The Morgan fingerprint density at radius 2 is 1.89 bits per heavy atom. The molecule has 0 saturated carbocycles. The molecule has 7 nitrogen and oxygen atoms in total. The molecule has 0 unspecified atom stereocenters. The standard InChI is InChI=1S/C28H35FN2O5S/c1-6-20-15-19(16-24(29)27(20)31-37(5,33)34)18-30-26(32)10-8-21-7-9-22(28(2,3)4)17-25(21)36-23-11-13-35-14-12-23/h6-10,15-17,23,31H,1,11-14,18H2,2-5H3,(H,30,32). The van der Waals surface area contributed by atoms with Crippen LogP contribution in [0.3, 0.4) is 0 Å². The number of ether oxygens (including phenoxy) is 2. The number of hydrogen-bond acceptors (Lipinski definition) is 5. The van der Waals surface area contributed by atoms with Crippen molar-refractivity contribution < 1.29 is 27.1 Å². The van der Waals surface area contributed by atoms with Gasteiger partial charge in [0, 0.05) is 36.6 Å². The van der Waals surface area contributed by atoms with E-state index in [1.807, 2.05) is 18.2 Å². The van der Waals surface area contributed by atoms with E-state index in [1.165, 1.54) is 18.2 Å². The predicted molar refractivity (Wildman–Crippen MR) is 145 cm³/mol. The average molecular weight is 531 g/mol. The Morgan fingerprint density at radius 1 is 1.19 bits per heavy atom. The van der Waals surface area contributed by atoms with Crippen molar-refractivity contribution in [2.45, 2.75) is 51.7 Å². The second-order valence-electron chi connectivity index (χ2n) is 10.1. The number of benzene rings is 2. The predicted octanol–water partition coefficient (Wildman–Crippen LogP) is 5.03. The van der Waals surface area contributed by atoms with Crippen LogP contribution in [-0.4, -0.2) is 39.9 Å². The molecule has 1 fully saturated rings. The van der Waals surface area contributed by atoms with Gasteiger partial charge in [-0.1, -0.05) is 45.6 Å². The summed E-state index contributed by atoms with van der Waals surface area (Å²) in [5.41, 5.74) is 2.42. The maximum absolute atomic E-state index is 14.6. The molecule has 2 aromatic rings. The number of rotatable bonds is 9.